The van der Waals surface area contributed by atoms with Crippen LogP contribution in [0.3, 0.4) is 0 Å². The van der Waals surface area contributed by atoms with Crippen LogP contribution in [0.2, 0.25) is 0 Å². The Kier molecular flexibility index (Phi) is 3.00. The van der Waals surface area contributed by atoms with Crippen LogP contribution in [0, 0.1) is 0 Å². The molecule has 0 aliphatic rings. The van der Waals surface area contributed by atoms with Crippen LogP contribution in [0.1, 0.15) is 18.5 Å². The van der Waals surface area contributed by atoms with E-state index >= 15 is 0 Å². The lowest BCUT2D eigenvalue weighted by molar-refractivity contribution is 0.866. The highest BCUT2D eigenvalue weighted by molar-refractivity contribution is 5.49. The van der Waals surface area contributed by atoms with E-state index in [-0.39, 0.29) is 6.04 Å². The second-order valence-electron chi connectivity index (χ2n) is 3.63. The number of aromatic nitrogens is 2. The molecule has 0 saturated heterocycles. The van der Waals surface area contributed by atoms with Gasteiger partial charge in [-0.15, -0.1) is 0 Å². The minimum Gasteiger partial charge on any atom is -0.399 e. The third-order valence-corrected chi connectivity index (χ3v) is 2.33. The Morgan fingerprint density at radius 3 is 2.88 bits per heavy atom. The van der Waals surface area contributed by atoms with Crippen molar-refractivity contribution in [1.29, 1.82) is 0 Å². The molecular weight excluding hydrogens is 200 g/mol. The number of nitrogens with two attached hydrogens (primary N) is 1. The fourth-order valence-electron chi connectivity index (χ4n) is 1.46. The van der Waals surface area contributed by atoms with Gasteiger partial charge in [0, 0.05) is 30.3 Å². The van der Waals surface area contributed by atoms with Crippen molar-refractivity contribution in [3.8, 4) is 0 Å². The molecule has 82 valence electrons. The van der Waals surface area contributed by atoms with E-state index in [1.165, 1.54) is 0 Å². The van der Waals surface area contributed by atoms with E-state index in [4.69, 9.17) is 5.73 Å². The average molecular weight is 214 g/mol. The summed E-state index contributed by atoms with van der Waals surface area (Å²) in [6.07, 6.45) is 5.28. The maximum atomic E-state index is 5.68. The van der Waals surface area contributed by atoms with E-state index in [0.717, 1.165) is 11.4 Å². The first-order chi connectivity index (χ1) is 7.75. The summed E-state index contributed by atoms with van der Waals surface area (Å²) in [7, 11) is 0. The predicted octanol–water partition coefficient (Wildman–Crippen LogP) is 2.23. The second kappa shape index (κ2) is 4.61. The highest BCUT2D eigenvalue weighted by Gasteiger charge is 2.05. The number of rotatable bonds is 3. The molecule has 0 aromatic carbocycles. The zero-order valence-corrected chi connectivity index (χ0v) is 9.09. The lowest BCUT2D eigenvalue weighted by Gasteiger charge is -2.14. The van der Waals surface area contributed by atoms with Crippen molar-refractivity contribution in [2.24, 2.45) is 0 Å². The van der Waals surface area contributed by atoms with Crippen molar-refractivity contribution in [3.05, 3.63) is 48.4 Å². The highest BCUT2D eigenvalue weighted by Crippen LogP contribution is 2.17. The van der Waals surface area contributed by atoms with Crippen molar-refractivity contribution in [3.63, 3.8) is 0 Å². The van der Waals surface area contributed by atoms with Gasteiger partial charge in [0.05, 0.1) is 6.04 Å². The molecule has 4 heteroatoms. The van der Waals surface area contributed by atoms with Crippen molar-refractivity contribution in [1.82, 2.24) is 9.97 Å². The molecule has 0 spiro atoms. The molecule has 2 aromatic heterocycles. The topological polar surface area (TPSA) is 63.8 Å². The van der Waals surface area contributed by atoms with Crippen LogP contribution in [0.15, 0.2) is 42.9 Å². The van der Waals surface area contributed by atoms with E-state index in [1.807, 2.05) is 24.4 Å². The molecule has 0 saturated carbocycles. The summed E-state index contributed by atoms with van der Waals surface area (Å²) in [5.74, 6) is 0.774. The normalized spacial score (nSPS) is 12.1. The van der Waals surface area contributed by atoms with Gasteiger partial charge >= 0.3 is 0 Å². The Morgan fingerprint density at radius 1 is 1.31 bits per heavy atom. The summed E-state index contributed by atoms with van der Waals surface area (Å²) >= 11 is 0. The lowest BCUT2D eigenvalue weighted by atomic mass is 10.1. The van der Waals surface area contributed by atoms with Gasteiger partial charge in [0.2, 0.25) is 0 Å². The van der Waals surface area contributed by atoms with E-state index < -0.39 is 0 Å². The summed E-state index contributed by atoms with van der Waals surface area (Å²) in [4.78, 5) is 8.27. The monoisotopic (exact) mass is 214 g/mol. The van der Waals surface area contributed by atoms with Gasteiger partial charge in [-0.05, 0) is 24.6 Å². The molecule has 0 bridgehead atoms. The first kappa shape index (κ1) is 10.4. The molecule has 0 fully saturated rings. The molecule has 0 amide bonds. The Bertz CT molecular complexity index is 456. The zero-order valence-electron chi connectivity index (χ0n) is 9.09. The summed E-state index contributed by atoms with van der Waals surface area (Å²) in [5.41, 5.74) is 7.50. The number of nitrogen functional groups attached to an aromatic ring is 1. The van der Waals surface area contributed by atoms with Crippen LogP contribution in [-0.4, -0.2) is 9.97 Å². The van der Waals surface area contributed by atoms with Crippen molar-refractivity contribution in [2.45, 2.75) is 13.0 Å². The lowest BCUT2D eigenvalue weighted by Crippen LogP contribution is -2.08. The molecule has 0 aliphatic heterocycles. The first-order valence-electron chi connectivity index (χ1n) is 5.13. The highest BCUT2D eigenvalue weighted by atomic mass is 15.0. The largest absolute Gasteiger partial charge is 0.399 e. The minimum atomic E-state index is 0.156. The predicted molar refractivity (Wildman–Crippen MR) is 64.9 cm³/mol. The summed E-state index contributed by atoms with van der Waals surface area (Å²) in [6, 6.07) is 7.67. The molecule has 3 N–H and O–H groups in total. The van der Waals surface area contributed by atoms with Crippen LogP contribution >= 0.6 is 0 Å². The number of nitrogens with one attached hydrogen (secondary N) is 1. The molecule has 4 nitrogen and oxygen atoms in total. The van der Waals surface area contributed by atoms with E-state index in [0.29, 0.717) is 5.69 Å². The second-order valence-corrected chi connectivity index (χ2v) is 3.63. The van der Waals surface area contributed by atoms with Gasteiger partial charge in [0.1, 0.15) is 5.82 Å². The third kappa shape index (κ3) is 2.48. The smallest absolute Gasteiger partial charge is 0.128 e. The number of hydrogen-bond acceptors (Lipinski definition) is 4. The molecule has 16 heavy (non-hydrogen) atoms. The van der Waals surface area contributed by atoms with Gasteiger partial charge in [-0.25, -0.2) is 4.98 Å². The van der Waals surface area contributed by atoms with Crippen LogP contribution in [0.25, 0.3) is 0 Å². The number of pyridine rings is 2. The first-order valence-corrected chi connectivity index (χ1v) is 5.13. The molecule has 1 unspecified atom stereocenters. The van der Waals surface area contributed by atoms with E-state index in [9.17, 15) is 0 Å². The van der Waals surface area contributed by atoms with Gasteiger partial charge in [0.15, 0.2) is 0 Å². The van der Waals surface area contributed by atoms with Gasteiger partial charge < -0.3 is 11.1 Å². The summed E-state index contributed by atoms with van der Waals surface area (Å²) in [5, 5.41) is 3.27. The molecule has 2 aromatic rings. The van der Waals surface area contributed by atoms with Crippen LogP contribution < -0.4 is 11.1 Å². The van der Waals surface area contributed by atoms with Gasteiger partial charge in [0.25, 0.3) is 0 Å². The Morgan fingerprint density at radius 2 is 2.19 bits per heavy atom. The number of hydrogen-bond donors (Lipinski definition) is 2. The van der Waals surface area contributed by atoms with Crippen LogP contribution in [0.5, 0.6) is 0 Å². The number of nitrogens with zero attached hydrogens (tertiary/aromatic N) is 2. The Balaban J connectivity index is 2.11. The molecular formula is C12H14N4. The van der Waals surface area contributed by atoms with Crippen molar-refractivity contribution in [2.75, 3.05) is 11.1 Å². The van der Waals surface area contributed by atoms with Gasteiger partial charge in [-0.3, -0.25) is 4.98 Å². The maximum absolute atomic E-state index is 5.68. The van der Waals surface area contributed by atoms with Crippen molar-refractivity contribution < 1.29 is 0 Å². The standard InChI is InChI=1S/C12H14N4/c1-9(10-3-2-5-14-8-10)16-12-7-11(13)4-6-15-12/h2-9H,1H3,(H3,13,15,16). The van der Waals surface area contributed by atoms with Gasteiger partial charge in [-0.2, -0.15) is 0 Å². The average Bonchev–Trinajstić information content (AvgIpc) is 2.30. The van der Waals surface area contributed by atoms with Crippen LogP contribution in [-0.2, 0) is 0 Å². The molecule has 0 aliphatic carbocycles. The van der Waals surface area contributed by atoms with Crippen LogP contribution in [0.4, 0.5) is 11.5 Å². The molecule has 2 heterocycles. The minimum absolute atomic E-state index is 0.156. The fraction of sp³-hybridized carbons (Fsp3) is 0.167. The summed E-state index contributed by atoms with van der Waals surface area (Å²) < 4.78 is 0. The fourth-order valence-corrected chi connectivity index (χ4v) is 1.46. The number of anilines is 2. The van der Waals surface area contributed by atoms with Crippen molar-refractivity contribution >= 4 is 11.5 Å². The Labute approximate surface area is 94.5 Å². The maximum Gasteiger partial charge on any atom is 0.128 e. The van der Waals surface area contributed by atoms with E-state index in [2.05, 4.69) is 22.2 Å². The SMILES string of the molecule is CC(Nc1cc(N)ccn1)c1cccnc1. The van der Waals surface area contributed by atoms with Gasteiger partial charge in [-0.1, -0.05) is 6.07 Å². The molecule has 1 atom stereocenters. The van der Waals surface area contributed by atoms with E-state index in [1.54, 1.807) is 18.5 Å². The zero-order chi connectivity index (χ0) is 11.4. The quantitative estimate of drug-likeness (QED) is 0.822. The molecule has 2 rings (SSSR count). The molecule has 0 radical (unpaired) electrons. The summed E-state index contributed by atoms with van der Waals surface area (Å²) in [6.45, 7) is 2.06. The third-order valence-electron chi connectivity index (χ3n) is 2.33. The Hall–Kier alpha value is -2.10.